The summed E-state index contributed by atoms with van der Waals surface area (Å²) >= 11 is 0. The lowest BCUT2D eigenvalue weighted by Crippen LogP contribution is -2.15. The zero-order valence-corrected chi connectivity index (χ0v) is 8.84. The lowest BCUT2D eigenvalue weighted by molar-refractivity contribution is 0.589. The quantitative estimate of drug-likeness (QED) is 0.678. The number of aromatic nitrogens is 2. The van der Waals surface area contributed by atoms with Crippen LogP contribution in [0.4, 0.5) is 0 Å². The van der Waals surface area contributed by atoms with E-state index in [0.29, 0.717) is 0 Å². The number of aryl methyl sites for hydroxylation is 1. The van der Waals surface area contributed by atoms with Gasteiger partial charge in [-0.05, 0) is 32.2 Å². The van der Waals surface area contributed by atoms with E-state index >= 15 is 0 Å². The zero-order valence-electron chi connectivity index (χ0n) is 8.84. The third kappa shape index (κ3) is 2.84. The maximum Gasteiger partial charge on any atom is 0.0925 e. The molecule has 1 aliphatic rings. The Labute approximate surface area is 85.3 Å². The number of aromatic amines is 1. The minimum atomic E-state index is 0.903. The Morgan fingerprint density at radius 3 is 3.07 bits per heavy atom. The highest BCUT2D eigenvalue weighted by Gasteiger charge is 2.19. The molecule has 2 rings (SSSR count). The van der Waals surface area contributed by atoms with Crippen LogP contribution in [0.5, 0.6) is 0 Å². The van der Waals surface area contributed by atoms with Gasteiger partial charge in [-0.3, -0.25) is 0 Å². The van der Waals surface area contributed by atoms with Gasteiger partial charge in [0.25, 0.3) is 0 Å². The molecule has 1 aromatic rings. The number of imidazole rings is 1. The van der Waals surface area contributed by atoms with Crippen molar-refractivity contribution in [1.29, 1.82) is 0 Å². The molecular formula is C11H19N3. The first-order chi connectivity index (χ1) is 6.86. The Hall–Kier alpha value is -0.830. The normalized spacial score (nSPS) is 16.1. The van der Waals surface area contributed by atoms with Crippen LogP contribution in [0, 0.1) is 12.8 Å². The number of rotatable bonds is 6. The Kier molecular flexibility index (Phi) is 3.19. The van der Waals surface area contributed by atoms with Crippen LogP contribution in [0.25, 0.3) is 0 Å². The summed E-state index contributed by atoms with van der Waals surface area (Å²) < 4.78 is 0. The van der Waals surface area contributed by atoms with Crippen molar-refractivity contribution in [2.45, 2.75) is 39.2 Å². The van der Waals surface area contributed by atoms with Crippen LogP contribution in [0.3, 0.4) is 0 Å². The standard InChI is InChI=1S/C11H19N3/c1-9-11(14-8-13-9)7-12-6-2-3-10-4-5-10/h8,10,12H,2-7H2,1H3,(H,13,14). The average Bonchev–Trinajstić information content (AvgIpc) is 2.91. The highest BCUT2D eigenvalue weighted by molar-refractivity contribution is 5.07. The fraction of sp³-hybridized carbons (Fsp3) is 0.727. The van der Waals surface area contributed by atoms with Gasteiger partial charge in [-0.2, -0.15) is 0 Å². The van der Waals surface area contributed by atoms with E-state index in [9.17, 15) is 0 Å². The van der Waals surface area contributed by atoms with E-state index in [1.165, 1.54) is 31.4 Å². The highest BCUT2D eigenvalue weighted by Crippen LogP contribution is 2.33. The number of H-pyrrole nitrogens is 1. The summed E-state index contributed by atoms with van der Waals surface area (Å²) in [6, 6.07) is 0. The molecule has 1 aromatic heterocycles. The molecule has 3 nitrogen and oxygen atoms in total. The van der Waals surface area contributed by atoms with Crippen LogP contribution in [0.2, 0.25) is 0 Å². The third-order valence-electron chi connectivity index (χ3n) is 2.89. The van der Waals surface area contributed by atoms with Crippen LogP contribution in [-0.4, -0.2) is 16.5 Å². The molecule has 14 heavy (non-hydrogen) atoms. The molecule has 0 spiro atoms. The van der Waals surface area contributed by atoms with Crippen molar-refractivity contribution in [3.63, 3.8) is 0 Å². The first kappa shape index (κ1) is 9.71. The fourth-order valence-electron chi connectivity index (χ4n) is 1.69. The molecule has 1 aliphatic carbocycles. The van der Waals surface area contributed by atoms with E-state index in [2.05, 4.69) is 22.2 Å². The van der Waals surface area contributed by atoms with E-state index in [4.69, 9.17) is 0 Å². The first-order valence-corrected chi connectivity index (χ1v) is 5.56. The lowest BCUT2D eigenvalue weighted by Gasteiger charge is -2.02. The molecule has 0 saturated heterocycles. The molecule has 0 radical (unpaired) electrons. The van der Waals surface area contributed by atoms with E-state index in [0.717, 1.165) is 24.7 Å². The predicted molar refractivity (Wildman–Crippen MR) is 57.0 cm³/mol. The SMILES string of the molecule is Cc1[nH]cnc1CNCCCC1CC1. The molecule has 0 aromatic carbocycles. The van der Waals surface area contributed by atoms with Gasteiger partial charge in [-0.15, -0.1) is 0 Å². The van der Waals surface area contributed by atoms with Gasteiger partial charge in [0.1, 0.15) is 0 Å². The van der Waals surface area contributed by atoms with Crippen molar-refractivity contribution >= 4 is 0 Å². The second-order valence-corrected chi connectivity index (χ2v) is 4.24. The number of nitrogens with zero attached hydrogens (tertiary/aromatic N) is 1. The molecule has 0 aliphatic heterocycles. The maximum atomic E-state index is 4.24. The second kappa shape index (κ2) is 4.60. The Morgan fingerprint density at radius 1 is 1.57 bits per heavy atom. The smallest absolute Gasteiger partial charge is 0.0925 e. The van der Waals surface area contributed by atoms with Gasteiger partial charge in [-0.25, -0.2) is 4.98 Å². The van der Waals surface area contributed by atoms with Gasteiger partial charge in [0, 0.05) is 12.2 Å². The van der Waals surface area contributed by atoms with Crippen LogP contribution >= 0.6 is 0 Å². The number of hydrogen-bond acceptors (Lipinski definition) is 2. The van der Waals surface area contributed by atoms with Gasteiger partial charge >= 0.3 is 0 Å². The summed E-state index contributed by atoms with van der Waals surface area (Å²) in [5.41, 5.74) is 2.33. The Morgan fingerprint density at radius 2 is 2.43 bits per heavy atom. The fourth-order valence-corrected chi connectivity index (χ4v) is 1.69. The molecule has 2 N–H and O–H groups in total. The average molecular weight is 193 g/mol. The molecule has 78 valence electrons. The molecule has 0 unspecified atom stereocenters. The van der Waals surface area contributed by atoms with Crippen molar-refractivity contribution < 1.29 is 0 Å². The van der Waals surface area contributed by atoms with E-state index in [1.807, 2.05) is 0 Å². The molecule has 1 heterocycles. The second-order valence-electron chi connectivity index (χ2n) is 4.24. The van der Waals surface area contributed by atoms with Gasteiger partial charge in [0.15, 0.2) is 0 Å². The summed E-state index contributed by atoms with van der Waals surface area (Å²) in [7, 11) is 0. The summed E-state index contributed by atoms with van der Waals surface area (Å²) in [4.78, 5) is 7.33. The first-order valence-electron chi connectivity index (χ1n) is 5.56. The minimum Gasteiger partial charge on any atom is -0.348 e. The number of hydrogen-bond donors (Lipinski definition) is 2. The van der Waals surface area contributed by atoms with E-state index < -0.39 is 0 Å². The summed E-state index contributed by atoms with van der Waals surface area (Å²) in [5, 5.41) is 3.43. The third-order valence-corrected chi connectivity index (χ3v) is 2.89. The topological polar surface area (TPSA) is 40.7 Å². The van der Waals surface area contributed by atoms with Crippen molar-refractivity contribution in [1.82, 2.24) is 15.3 Å². The molecular weight excluding hydrogens is 174 g/mol. The Balaban J connectivity index is 1.56. The summed E-state index contributed by atoms with van der Waals surface area (Å²) in [5.74, 6) is 1.06. The number of nitrogens with one attached hydrogen (secondary N) is 2. The van der Waals surface area contributed by atoms with E-state index in [1.54, 1.807) is 6.33 Å². The molecule has 0 bridgehead atoms. The maximum absolute atomic E-state index is 4.24. The predicted octanol–water partition coefficient (Wildman–Crippen LogP) is 2.00. The molecule has 3 heteroatoms. The monoisotopic (exact) mass is 193 g/mol. The van der Waals surface area contributed by atoms with Gasteiger partial charge in [-0.1, -0.05) is 12.8 Å². The van der Waals surface area contributed by atoms with Gasteiger partial charge in [0.2, 0.25) is 0 Å². The minimum absolute atomic E-state index is 0.903. The van der Waals surface area contributed by atoms with Crippen molar-refractivity contribution in [3.8, 4) is 0 Å². The van der Waals surface area contributed by atoms with Gasteiger partial charge < -0.3 is 10.3 Å². The van der Waals surface area contributed by atoms with Crippen molar-refractivity contribution in [2.75, 3.05) is 6.54 Å². The molecule has 0 atom stereocenters. The zero-order chi connectivity index (χ0) is 9.80. The van der Waals surface area contributed by atoms with Gasteiger partial charge in [0.05, 0.1) is 12.0 Å². The highest BCUT2D eigenvalue weighted by atomic mass is 14.9. The van der Waals surface area contributed by atoms with Crippen LogP contribution in [0.15, 0.2) is 6.33 Å². The van der Waals surface area contributed by atoms with Crippen LogP contribution in [0.1, 0.15) is 37.1 Å². The largest absolute Gasteiger partial charge is 0.348 e. The van der Waals surface area contributed by atoms with Crippen LogP contribution < -0.4 is 5.32 Å². The lowest BCUT2D eigenvalue weighted by atomic mass is 10.2. The molecule has 1 saturated carbocycles. The Bertz CT molecular complexity index is 276. The van der Waals surface area contributed by atoms with Crippen molar-refractivity contribution in [3.05, 3.63) is 17.7 Å². The molecule has 0 amide bonds. The van der Waals surface area contributed by atoms with E-state index in [-0.39, 0.29) is 0 Å². The molecule has 1 fully saturated rings. The van der Waals surface area contributed by atoms with Crippen molar-refractivity contribution in [2.24, 2.45) is 5.92 Å². The summed E-state index contributed by atoms with van der Waals surface area (Å²) in [6.45, 7) is 4.09. The summed E-state index contributed by atoms with van der Waals surface area (Å²) in [6.07, 6.45) is 7.42. The van der Waals surface area contributed by atoms with Crippen LogP contribution in [-0.2, 0) is 6.54 Å².